The highest BCUT2D eigenvalue weighted by Gasteiger charge is 2.22. The number of oxime groups is 1. The third kappa shape index (κ3) is 3.06. The SMILES string of the molecule is Cc1cc(N(C)C2CCCC(C)C2)ccc1/C(N)=N/O. The summed E-state index contributed by atoms with van der Waals surface area (Å²) in [6.45, 7) is 4.33. The Morgan fingerprint density at radius 1 is 1.40 bits per heavy atom. The predicted octanol–water partition coefficient (Wildman–Crippen LogP) is 3.10. The zero-order chi connectivity index (χ0) is 14.7. The van der Waals surface area contributed by atoms with Gasteiger partial charge in [-0.3, -0.25) is 0 Å². The maximum atomic E-state index is 8.78. The van der Waals surface area contributed by atoms with E-state index in [9.17, 15) is 0 Å². The minimum Gasteiger partial charge on any atom is -0.409 e. The van der Waals surface area contributed by atoms with Crippen LogP contribution in [0.3, 0.4) is 0 Å². The first-order valence-corrected chi connectivity index (χ1v) is 7.34. The molecule has 4 heteroatoms. The zero-order valence-electron chi connectivity index (χ0n) is 12.6. The lowest BCUT2D eigenvalue weighted by Crippen LogP contribution is -2.35. The first-order chi connectivity index (χ1) is 9.52. The summed E-state index contributed by atoms with van der Waals surface area (Å²) in [5.41, 5.74) is 8.70. The number of anilines is 1. The fraction of sp³-hybridized carbons (Fsp3) is 0.562. The topological polar surface area (TPSA) is 61.8 Å². The molecule has 1 aliphatic rings. The highest BCUT2D eigenvalue weighted by molar-refractivity contribution is 5.98. The van der Waals surface area contributed by atoms with Gasteiger partial charge in [-0.15, -0.1) is 0 Å². The van der Waals surface area contributed by atoms with Crippen LogP contribution in [0.1, 0.15) is 43.7 Å². The molecule has 1 aromatic rings. The van der Waals surface area contributed by atoms with Crippen molar-refractivity contribution in [1.82, 2.24) is 0 Å². The third-order valence-electron chi connectivity index (χ3n) is 4.46. The third-order valence-corrected chi connectivity index (χ3v) is 4.46. The van der Waals surface area contributed by atoms with Crippen molar-refractivity contribution in [3.05, 3.63) is 29.3 Å². The molecule has 1 aliphatic carbocycles. The normalized spacial score (nSPS) is 23.6. The van der Waals surface area contributed by atoms with Crippen LogP contribution in [0.25, 0.3) is 0 Å². The second-order valence-electron chi connectivity index (χ2n) is 6.02. The van der Waals surface area contributed by atoms with Gasteiger partial charge in [-0.1, -0.05) is 24.9 Å². The molecule has 0 saturated heterocycles. The highest BCUT2D eigenvalue weighted by atomic mass is 16.4. The van der Waals surface area contributed by atoms with Crippen LogP contribution in [0.15, 0.2) is 23.4 Å². The van der Waals surface area contributed by atoms with E-state index in [1.165, 1.54) is 31.4 Å². The first kappa shape index (κ1) is 14.7. The molecule has 0 aromatic heterocycles. The molecule has 0 amide bonds. The Morgan fingerprint density at radius 3 is 2.75 bits per heavy atom. The number of hydrogen-bond acceptors (Lipinski definition) is 3. The van der Waals surface area contributed by atoms with E-state index >= 15 is 0 Å². The largest absolute Gasteiger partial charge is 0.409 e. The minimum absolute atomic E-state index is 0.169. The number of aryl methyl sites for hydroxylation is 1. The molecule has 2 rings (SSSR count). The van der Waals surface area contributed by atoms with E-state index in [2.05, 4.69) is 36.2 Å². The van der Waals surface area contributed by atoms with E-state index in [-0.39, 0.29) is 5.84 Å². The van der Waals surface area contributed by atoms with Crippen LogP contribution in [0.5, 0.6) is 0 Å². The van der Waals surface area contributed by atoms with E-state index in [0.29, 0.717) is 6.04 Å². The molecule has 3 N–H and O–H groups in total. The summed E-state index contributed by atoms with van der Waals surface area (Å²) in [6.07, 6.45) is 5.20. The Balaban J connectivity index is 2.18. The molecule has 1 saturated carbocycles. The van der Waals surface area contributed by atoms with Crippen molar-refractivity contribution in [2.45, 2.75) is 45.6 Å². The molecule has 0 heterocycles. The van der Waals surface area contributed by atoms with Crippen LogP contribution in [0.4, 0.5) is 5.69 Å². The maximum Gasteiger partial charge on any atom is 0.170 e. The number of rotatable bonds is 3. The summed E-state index contributed by atoms with van der Waals surface area (Å²) < 4.78 is 0. The van der Waals surface area contributed by atoms with Gasteiger partial charge >= 0.3 is 0 Å². The lowest BCUT2D eigenvalue weighted by molar-refractivity contribution is 0.318. The summed E-state index contributed by atoms with van der Waals surface area (Å²) >= 11 is 0. The molecule has 20 heavy (non-hydrogen) atoms. The molecule has 0 spiro atoms. The van der Waals surface area contributed by atoms with Gasteiger partial charge in [0.2, 0.25) is 0 Å². The van der Waals surface area contributed by atoms with Crippen LogP contribution in [-0.2, 0) is 0 Å². The Labute approximate surface area is 121 Å². The Morgan fingerprint density at radius 2 is 2.15 bits per heavy atom. The Bertz CT molecular complexity index is 498. The predicted molar refractivity (Wildman–Crippen MR) is 83.5 cm³/mol. The number of hydrogen-bond donors (Lipinski definition) is 2. The van der Waals surface area contributed by atoms with Crippen LogP contribution in [0.2, 0.25) is 0 Å². The lowest BCUT2D eigenvalue weighted by Gasteiger charge is -2.35. The van der Waals surface area contributed by atoms with Crippen molar-refractivity contribution in [2.24, 2.45) is 16.8 Å². The van der Waals surface area contributed by atoms with Gasteiger partial charge in [0.15, 0.2) is 5.84 Å². The monoisotopic (exact) mass is 275 g/mol. The highest BCUT2D eigenvalue weighted by Crippen LogP contribution is 2.30. The summed E-state index contributed by atoms with van der Waals surface area (Å²) in [5, 5.41) is 11.9. The van der Waals surface area contributed by atoms with Crippen LogP contribution in [-0.4, -0.2) is 24.1 Å². The van der Waals surface area contributed by atoms with E-state index < -0.39 is 0 Å². The van der Waals surface area contributed by atoms with E-state index in [0.717, 1.165) is 17.0 Å². The molecule has 1 fully saturated rings. The molecular weight excluding hydrogens is 250 g/mol. The number of benzene rings is 1. The Kier molecular flexibility index (Phi) is 4.53. The van der Waals surface area contributed by atoms with E-state index in [1.54, 1.807) is 0 Å². The summed E-state index contributed by atoms with van der Waals surface area (Å²) in [5.74, 6) is 0.983. The molecule has 2 atom stereocenters. The smallest absolute Gasteiger partial charge is 0.170 e. The lowest BCUT2D eigenvalue weighted by atomic mass is 9.86. The van der Waals surface area contributed by atoms with E-state index in [1.807, 2.05) is 13.0 Å². The van der Waals surface area contributed by atoms with Gasteiger partial charge < -0.3 is 15.8 Å². The summed E-state index contributed by atoms with van der Waals surface area (Å²) in [7, 11) is 2.17. The van der Waals surface area contributed by atoms with Crippen molar-refractivity contribution in [3.63, 3.8) is 0 Å². The number of amidine groups is 1. The molecular formula is C16H25N3O. The van der Waals surface area contributed by atoms with Crippen molar-refractivity contribution in [3.8, 4) is 0 Å². The molecule has 4 nitrogen and oxygen atoms in total. The molecule has 2 unspecified atom stereocenters. The average molecular weight is 275 g/mol. The van der Waals surface area contributed by atoms with Crippen molar-refractivity contribution >= 4 is 11.5 Å². The number of nitrogens with zero attached hydrogens (tertiary/aromatic N) is 2. The fourth-order valence-corrected chi connectivity index (χ4v) is 3.17. The number of nitrogens with two attached hydrogens (primary N) is 1. The van der Waals surface area contributed by atoms with Crippen LogP contribution >= 0.6 is 0 Å². The van der Waals surface area contributed by atoms with Gasteiger partial charge in [0.1, 0.15) is 0 Å². The van der Waals surface area contributed by atoms with Gasteiger partial charge in [-0.2, -0.15) is 0 Å². The van der Waals surface area contributed by atoms with Crippen molar-refractivity contribution < 1.29 is 5.21 Å². The maximum absolute atomic E-state index is 8.78. The minimum atomic E-state index is 0.169. The second-order valence-corrected chi connectivity index (χ2v) is 6.02. The standard InChI is InChI=1S/C16H25N3O/c1-11-5-4-6-13(9-11)19(3)14-7-8-15(12(2)10-14)16(17)18-20/h7-8,10-11,13,20H,4-6,9H2,1-3H3,(H2,17,18). The Hall–Kier alpha value is -1.71. The van der Waals surface area contributed by atoms with Crippen molar-refractivity contribution in [1.29, 1.82) is 0 Å². The first-order valence-electron chi connectivity index (χ1n) is 7.34. The van der Waals surface area contributed by atoms with Gasteiger partial charge in [-0.05, 0) is 49.4 Å². The van der Waals surface area contributed by atoms with Crippen LogP contribution in [0, 0.1) is 12.8 Å². The summed E-state index contributed by atoms with van der Waals surface area (Å²) in [4.78, 5) is 2.37. The molecule has 110 valence electrons. The zero-order valence-corrected chi connectivity index (χ0v) is 12.6. The van der Waals surface area contributed by atoms with E-state index in [4.69, 9.17) is 10.9 Å². The quantitative estimate of drug-likeness (QED) is 0.385. The molecule has 0 radical (unpaired) electrons. The van der Waals surface area contributed by atoms with Gasteiger partial charge in [0.05, 0.1) is 0 Å². The van der Waals surface area contributed by atoms with Crippen molar-refractivity contribution in [2.75, 3.05) is 11.9 Å². The molecule has 1 aromatic carbocycles. The molecule has 0 aliphatic heterocycles. The molecule has 0 bridgehead atoms. The summed E-state index contributed by atoms with van der Waals surface area (Å²) in [6, 6.07) is 6.72. The van der Waals surface area contributed by atoms with Gasteiger partial charge in [0, 0.05) is 24.3 Å². The van der Waals surface area contributed by atoms with Gasteiger partial charge in [-0.25, -0.2) is 0 Å². The van der Waals surface area contributed by atoms with Crippen LogP contribution < -0.4 is 10.6 Å². The fourth-order valence-electron chi connectivity index (χ4n) is 3.17. The average Bonchev–Trinajstić information content (AvgIpc) is 2.45. The second kappa shape index (κ2) is 6.16. The van der Waals surface area contributed by atoms with Gasteiger partial charge in [0.25, 0.3) is 0 Å².